The number of carboxylic acids is 1. The number of halogens is 2. The minimum atomic E-state index is -1.05. The van der Waals surface area contributed by atoms with Crippen LogP contribution in [0.4, 0.5) is 4.39 Å². The first-order valence-corrected chi connectivity index (χ1v) is 9.25. The monoisotopic (exact) mass is 428 g/mol. The average molecular weight is 429 g/mol. The maximum Gasteiger partial charge on any atom is 0.307 e. The summed E-state index contributed by atoms with van der Waals surface area (Å²) in [5.41, 5.74) is 2.60. The number of carbonyl (C=O) groups is 1. The van der Waals surface area contributed by atoms with Crippen LogP contribution in [0.25, 0.3) is 0 Å². The van der Waals surface area contributed by atoms with E-state index < -0.39 is 11.8 Å². The zero-order valence-electron chi connectivity index (χ0n) is 14.5. The van der Waals surface area contributed by atoms with Gasteiger partial charge in [-0.1, -0.05) is 54.6 Å². The summed E-state index contributed by atoms with van der Waals surface area (Å²) >= 11 is 3.48. The van der Waals surface area contributed by atoms with Gasteiger partial charge in [0.15, 0.2) is 0 Å². The number of carboxylic acid groups (broad SMARTS) is 1. The smallest absolute Gasteiger partial charge is 0.307 e. The summed E-state index contributed by atoms with van der Waals surface area (Å²) in [6, 6.07) is 20.3. The van der Waals surface area contributed by atoms with Crippen LogP contribution < -0.4 is 4.74 Å². The predicted molar refractivity (Wildman–Crippen MR) is 105 cm³/mol. The van der Waals surface area contributed by atoms with Crippen LogP contribution in [0.15, 0.2) is 71.2 Å². The van der Waals surface area contributed by atoms with Gasteiger partial charge in [-0.3, -0.25) is 4.79 Å². The fourth-order valence-corrected chi connectivity index (χ4v) is 3.15. The van der Waals surface area contributed by atoms with E-state index in [-0.39, 0.29) is 12.0 Å². The van der Waals surface area contributed by atoms with Crippen molar-refractivity contribution in [1.29, 1.82) is 0 Å². The lowest BCUT2D eigenvalue weighted by molar-refractivity contribution is -0.136. The van der Waals surface area contributed by atoms with Gasteiger partial charge in [-0.15, -0.1) is 0 Å². The second kappa shape index (κ2) is 8.82. The first-order valence-electron chi connectivity index (χ1n) is 8.46. The molecule has 3 nitrogen and oxygen atoms in total. The molecular weight excluding hydrogens is 411 g/mol. The number of ether oxygens (including phenoxy) is 1. The van der Waals surface area contributed by atoms with Gasteiger partial charge in [-0.05, 0) is 50.3 Å². The molecule has 0 saturated heterocycles. The molecule has 0 heterocycles. The predicted octanol–water partition coefficient (Wildman–Crippen LogP) is 5.39. The Balaban J connectivity index is 1.77. The van der Waals surface area contributed by atoms with E-state index in [1.165, 1.54) is 6.07 Å². The standard InChI is InChI=1S/C22H18BrFO3/c23-19-10-9-16(12-20(19)27-14-15-5-2-1-3-6-15)11-17-7-4-8-18(22(17)24)13-21(25)26/h1-10,12H,11,13-14H2,(H,25,26). The molecule has 0 unspecified atom stereocenters. The zero-order valence-corrected chi connectivity index (χ0v) is 16.1. The van der Waals surface area contributed by atoms with Gasteiger partial charge in [-0.25, -0.2) is 4.39 Å². The van der Waals surface area contributed by atoms with Gasteiger partial charge in [0.25, 0.3) is 0 Å². The average Bonchev–Trinajstić information content (AvgIpc) is 2.66. The number of aliphatic carboxylic acids is 1. The molecule has 0 radical (unpaired) electrons. The lowest BCUT2D eigenvalue weighted by atomic mass is 10.0. The fraction of sp³-hybridized carbons (Fsp3) is 0.136. The van der Waals surface area contributed by atoms with E-state index in [4.69, 9.17) is 9.84 Å². The minimum absolute atomic E-state index is 0.192. The van der Waals surface area contributed by atoms with Gasteiger partial charge in [0, 0.05) is 6.42 Å². The number of benzene rings is 3. The number of rotatable bonds is 7. The Morgan fingerprint density at radius 3 is 2.44 bits per heavy atom. The van der Waals surface area contributed by atoms with Gasteiger partial charge in [0.2, 0.25) is 0 Å². The normalized spacial score (nSPS) is 10.6. The van der Waals surface area contributed by atoms with Gasteiger partial charge in [0.05, 0.1) is 10.9 Å². The van der Waals surface area contributed by atoms with Crippen molar-refractivity contribution < 1.29 is 19.0 Å². The summed E-state index contributed by atoms with van der Waals surface area (Å²) in [4.78, 5) is 10.9. The second-order valence-corrected chi connectivity index (χ2v) is 7.03. The van der Waals surface area contributed by atoms with Gasteiger partial charge >= 0.3 is 5.97 Å². The van der Waals surface area contributed by atoms with Gasteiger partial charge in [0.1, 0.15) is 18.2 Å². The number of hydrogen-bond donors (Lipinski definition) is 1. The molecule has 0 aliphatic rings. The third kappa shape index (κ3) is 5.17. The number of hydrogen-bond acceptors (Lipinski definition) is 2. The molecular formula is C22H18BrFO3. The van der Waals surface area contributed by atoms with Crippen LogP contribution in [0.2, 0.25) is 0 Å². The third-order valence-electron chi connectivity index (χ3n) is 4.13. The van der Waals surface area contributed by atoms with E-state index in [0.717, 1.165) is 15.6 Å². The molecule has 0 saturated carbocycles. The van der Waals surface area contributed by atoms with E-state index in [1.54, 1.807) is 12.1 Å². The maximum atomic E-state index is 14.6. The topological polar surface area (TPSA) is 46.5 Å². The first kappa shape index (κ1) is 19.1. The van der Waals surface area contributed by atoms with Crippen molar-refractivity contribution in [3.8, 4) is 5.75 Å². The SMILES string of the molecule is O=C(O)Cc1cccc(Cc2ccc(Br)c(OCc3ccccc3)c2)c1F. The molecule has 0 aliphatic carbocycles. The van der Waals surface area contributed by atoms with Crippen LogP contribution in [-0.2, 0) is 24.2 Å². The van der Waals surface area contributed by atoms with E-state index in [9.17, 15) is 9.18 Å². The first-order chi connectivity index (χ1) is 13.0. The summed E-state index contributed by atoms with van der Waals surface area (Å²) in [5.74, 6) is -0.834. The molecule has 3 aromatic carbocycles. The van der Waals surface area contributed by atoms with Crippen molar-refractivity contribution in [3.63, 3.8) is 0 Å². The largest absolute Gasteiger partial charge is 0.488 e. The molecule has 138 valence electrons. The van der Waals surface area contributed by atoms with E-state index in [2.05, 4.69) is 15.9 Å². The molecule has 27 heavy (non-hydrogen) atoms. The highest BCUT2D eigenvalue weighted by atomic mass is 79.9. The van der Waals surface area contributed by atoms with E-state index in [0.29, 0.717) is 24.3 Å². The Morgan fingerprint density at radius 2 is 1.70 bits per heavy atom. The lowest BCUT2D eigenvalue weighted by Gasteiger charge is -2.12. The molecule has 5 heteroatoms. The van der Waals surface area contributed by atoms with Crippen LogP contribution in [0.5, 0.6) is 5.75 Å². The van der Waals surface area contributed by atoms with Crippen molar-refractivity contribution >= 4 is 21.9 Å². The Labute approximate surface area is 165 Å². The molecule has 3 rings (SSSR count). The Bertz CT molecular complexity index is 942. The van der Waals surface area contributed by atoms with Crippen molar-refractivity contribution in [1.82, 2.24) is 0 Å². The third-order valence-corrected chi connectivity index (χ3v) is 4.78. The summed E-state index contributed by atoms with van der Waals surface area (Å²) in [6.45, 7) is 0.436. The van der Waals surface area contributed by atoms with Crippen molar-refractivity contribution in [3.05, 3.63) is 99.3 Å². The summed E-state index contributed by atoms with van der Waals surface area (Å²) in [5, 5.41) is 8.90. The van der Waals surface area contributed by atoms with E-state index >= 15 is 0 Å². The molecule has 0 fully saturated rings. The minimum Gasteiger partial charge on any atom is -0.488 e. The second-order valence-electron chi connectivity index (χ2n) is 6.18. The highest BCUT2D eigenvalue weighted by Crippen LogP contribution is 2.28. The Kier molecular flexibility index (Phi) is 6.24. The quantitative estimate of drug-likeness (QED) is 0.548. The maximum absolute atomic E-state index is 14.6. The summed E-state index contributed by atoms with van der Waals surface area (Å²) in [6.07, 6.45) is 0.0275. The molecule has 0 aromatic heterocycles. The molecule has 0 bridgehead atoms. The molecule has 3 aromatic rings. The van der Waals surface area contributed by atoms with Crippen LogP contribution in [0, 0.1) is 5.82 Å². The summed E-state index contributed by atoms with van der Waals surface area (Å²) in [7, 11) is 0. The molecule has 0 aliphatic heterocycles. The van der Waals surface area contributed by atoms with Crippen molar-refractivity contribution in [2.45, 2.75) is 19.4 Å². The molecule has 0 spiro atoms. The van der Waals surface area contributed by atoms with Gasteiger partial charge < -0.3 is 9.84 Å². The van der Waals surface area contributed by atoms with E-state index in [1.807, 2.05) is 48.5 Å². The Morgan fingerprint density at radius 1 is 0.963 bits per heavy atom. The van der Waals surface area contributed by atoms with Crippen molar-refractivity contribution in [2.75, 3.05) is 0 Å². The van der Waals surface area contributed by atoms with Crippen LogP contribution >= 0.6 is 15.9 Å². The highest BCUT2D eigenvalue weighted by molar-refractivity contribution is 9.10. The van der Waals surface area contributed by atoms with Crippen LogP contribution in [0.3, 0.4) is 0 Å². The van der Waals surface area contributed by atoms with Crippen LogP contribution in [-0.4, -0.2) is 11.1 Å². The van der Waals surface area contributed by atoms with Crippen molar-refractivity contribution in [2.24, 2.45) is 0 Å². The molecule has 0 amide bonds. The van der Waals surface area contributed by atoms with Crippen LogP contribution in [0.1, 0.15) is 22.3 Å². The molecule has 0 atom stereocenters. The Hall–Kier alpha value is -2.66. The highest BCUT2D eigenvalue weighted by Gasteiger charge is 2.12. The fourth-order valence-electron chi connectivity index (χ4n) is 2.79. The molecule has 1 N–H and O–H groups in total. The van der Waals surface area contributed by atoms with Gasteiger partial charge in [-0.2, -0.15) is 0 Å². The zero-order chi connectivity index (χ0) is 19.2. The lowest BCUT2D eigenvalue weighted by Crippen LogP contribution is -2.05. The summed E-state index contributed by atoms with van der Waals surface area (Å²) < 4.78 is 21.3.